The van der Waals surface area contributed by atoms with Crippen LogP contribution in [0, 0.1) is 12.7 Å². The van der Waals surface area contributed by atoms with E-state index in [1.165, 1.54) is 12.1 Å². The number of benzene rings is 1. The third-order valence-corrected chi connectivity index (χ3v) is 3.03. The zero-order valence-corrected chi connectivity index (χ0v) is 11.3. The second-order valence-corrected chi connectivity index (χ2v) is 4.97. The Morgan fingerprint density at radius 3 is 2.68 bits per heavy atom. The van der Waals surface area contributed by atoms with Crippen LogP contribution in [0.4, 0.5) is 4.39 Å². The minimum atomic E-state index is -0.282. The van der Waals surface area contributed by atoms with Crippen LogP contribution in [0.15, 0.2) is 29.1 Å². The fourth-order valence-electron chi connectivity index (χ4n) is 2.26. The van der Waals surface area contributed by atoms with Gasteiger partial charge < -0.3 is 4.98 Å². The monoisotopic (exact) mass is 260 g/mol. The van der Waals surface area contributed by atoms with Crippen LogP contribution in [-0.4, -0.2) is 9.97 Å². The zero-order valence-electron chi connectivity index (χ0n) is 11.3. The summed E-state index contributed by atoms with van der Waals surface area (Å²) < 4.78 is 13.1. The van der Waals surface area contributed by atoms with Gasteiger partial charge in [-0.1, -0.05) is 26.0 Å². The Labute approximate surface area is 111 Å². The molecule has 0 unspecified atom stereocenters. The minimum Gasteiger partial charge on any atom is -0.310 e. The highest BCUT2D eigenvalue weighted by molar-refractivity contribution is 5.24. The first kappa shape index (κ1) is 13.5. The molecule has 1 aromatic carbocycles. The van der Waals surface area contributed by atoms with Crippen molar-refractivity contribution >= 4 is 0 Å². The molecule has 100 valence electrons. The molecule has 0 radical (unpaired) electrons. The summed E-state index contributed by atoms with van der Waals surface area (Å²) >= 11 is 0. The van der Waals surface area contributed by atoms with Crippen molar-refractivity contribution in [3.05, 3.63) is 63.1 Å². The lowest BCUT2D eigenvalue weighted by Crippen LogP contribution is -2.20. The van der Waals surface area contributed by atoms with Gasteiger partial charge in [0.2, 0.25) is 0 Å². The molecule has 0 saturated carbocycles. The molecule has 1 aromatic heterocycles. The van der Waals surface area contributed by atoms with E-state index in [9.17, 15) is 9.18 Å². The fourth-order valence-corrected chi connectivity index (χ4v) is 2.26. The molecule has 0 amide bonds. The number of H-pyrrole nitrogens is 1. The molecule has 19 heavy (non-hydrogen) atoms. The quantitative estimate of drug-likeness (QED) is 0.922. The number of halogens is 1. The van der Waals surface area contributed by atoms with Gasteiger partial charge in [0.15, 0.2) is 0 Å². The Kier molecular flexibility index (Phi) is 3.79. The van der Waals surface area contributed by atoms with Crippen LogP contribution in [0.3, 0.4) is 0 Å². The van der Waals surface area contributed by atoms with Crippen molar-refractivity contribution in [2.75, 3.05) is 0 Å². The van der Waals surface area contributed by atoms with E-state index in [0.29, 0.717) is 17.8 Å². The average molecular weight is 260 g/mol. The van der Waals surface area contributed by atoms with Crippen molar-refractivity contribution < 1.29 is 4.39 Å². The highest BCUT2D eigenvalue weighted by Crippen LogP contribution is 2.13. The standard InChI is InChI=1S/C15H17FN2O/c1-9(2)14-10(3)17-13(18-15(14)19)8-11-5-4-6-12(16)7-11/h4-7,9H,8H2,1-3H3,(H,17,18,19). The Morgan fingerprint density at radius 2 is 2.11 bits per heavy atom. The van der Waals surface area contributed by atoms with Gasteiger partial charge in [0, 0.05) is 17.7 Å². The third kappa shape index (κ3) is 3.08. The smallest absolute Gasteiger partial charge is 0.254 e. The normalized spacial score (nSPS) is 11.0. The SMILES string of the molecule is Cc1nc(Cc2cccc(F)c2)[nH]c(=O)c1C(C)C. The Balaban J connectivity index is 2.35. The van der Waals surface area contributed by atoms with Gasteiger partial charge in [-0.05, 0) is 30.5 Å². The van der Waals surface area contributed by atoms with Crippen LogP contribution in [0.5, 0.6) is 0 Å². The van der Waals surface area contributed by atoms with E-state index in [4.69, 9.17) is 0 Å². The van der Waals surface area contributed by atoms with Gasteiger partial charge in [-0.15, -0.1) is 0 Å². The lowest BCUT2D eigenvalue weighted by Gasteiger charge is -2.09. The number of aryl methyl sites for hydroxylation is 1. The molecule has 0 aliphatic heterocycles. The summed E-state index contributed by atoms with van der Waals surface area (Å²) in [7, 11) is 0. The minimum absolute atomic E-state index is 0.103. The predicted octanol–water partition coefficient (Wildman–Crippen LogP) is 2.93. The topological polar surface area (TPSA) is 45.8 Å². The van der Waals surface area contributed by atoms with E-state index >= 15 is 0 Å². The summed E-state index contributed by atoms with van der Waals surface area (Å²) in [5.74, 6) is 0.423. The molecule has 0 atom stereocenters. The van der Waals surface area contributed by atoms with Crippen molar-refractivity contribution in [1.82, 2.24) is 9.97 Å². The van der Waals surface area contributed by atoms with Crippen LogP contribution in [0.2, 0.25) is 0 Å². The molecule has 3 nitrogen and oxygen atoms in total. The second-order valence-electron chi connectivity index (χ2n) is 4.97. The maximum atomic E-state index is 13.1. The van der Waals surface area contributed by atoms with Crippen LogP contribution in [-0.2, 0) is 6.42 Å². The summed E-state index contributed by atoms with van der Waals surface area (Å²) in [5, 5.41) is 0. The molecule has 0 fully saturated rings. The highest BCUT2D eigenvalue weighted by atomic mass is 19.1. The molecular formula is C15H17FN2O. The lowest BCUT2D eigenvalue weighted by atomic mass is 10.0. The molecule has 2 aromatic rings. The van der Waals surface area contributed by atoms with Gasteiger partial charge in [0.25, 0.3) is 5.56 Å². The van der Waals surface area contributed by atoms with Crippen LogP contribution >= 0.6 is 0 Å². The van der Waals surface area contributed by atoms with E-state index < -0.39 is 0 Å². The summed E-state index contributed by atoms with van der Waals surface area (Å²) in [6.07, 6.45) is 0.423. The van der Waals surface area contributed by atoms with Gasteiger partial charge in [0.1, 0.15) is 11.6 Å². The molecule has 1 heterocycles. The van der Waals surface area contributed by atoms with Crippen molar-refractivity contribution in [3.8, 4) is 0 Å². The van der Waals surface area contributed by atoms with E-state index in [1.54, 1.807) is 6.07 Å². The van der Waals surface area contributed by atoms with E-state index in [2.05, 4.69) is 9.97 Å². The van der Waals surface area contributed by atoms with Crippen molar-refractivity contribution in [1.29, 1.82) is 0 Å². The van der Waals surface area contributed by atoms with Crippen LogP contribution < -0.4 is 5.56 Å². The third-order valence-electron chi connectivity index (χ3n) is 3.03. The van der Waals surface area contributed by atoms with Gasteiger partial charge >= 0.3 is 0 Å². The molecule has 2 rings (SSSR count). The number of rotatable bonds is 3. The molecular weight excluding hydrogens is 243 g/mol. The van der Waals surface area contributed by atoms with Gasteiger partial charge in [0.05, 0.1) is 0 Å². The van der Waals surface area contributed by atoms with E-state index in [0.717, 1.165) is 11.3 Å². The number of nitrogens with one attached hydrogen (secondary N) is 1. The van der Waals surface area contributed by atoms with E-state index in [1.807, 2.05) is 26.8 Å². The average Bonchev–Trinajstić information content (AvgIpc) is 2.27. The Morgan fingerprint density at radius 1 is 1.37 bits per heavy atom. The molecule has 0 aliphatic carbocycles. The largest absolute Gasteiger partial charge is 0.310 e. The van der Waals surface area contributed by atoms with Crippen molar-refractivity contribution in [2.45, 2.75) is 33.1 Å². The number of aromatic amines is 1. The lowest BCUT2D eigenvalue weighted by molar-refractivity contribution is 0.625. The molecule has 1 N–H and O–H groups in total. The van der Waals surface area contributed by atoms with Gasteiger partial charge in [-0.2, -0.15) is 0 Å². The maximum absolute atomic E-state index is 13.1. The van der Waals surface area contributed by atoms with Crippen molar-refractivity contribution in [2.24, 2.45) is 0 Å². The first-order valence-corrected chi connectivity index (χ1v) is 6.31. The van der Waals surface area contributed by atoms with Gasteiger partial charge in [-0.3, -0.25) is 4.79 Å². The Hall–Kier alpha value is -1.97. The molecule has 0 aliphatic rings. The van der Waals surface area contributed by atoms with Crippen molar-refractivity contribution in [3.63, 3.8) is 0 Å². The summed E-state index contributed by atoms with van der Waals surface area (Å²) in [4.78, 5) is 19.2. The highest BCUT2D eigenvalue weighted by Gasteiger charge is 2.11. The van der Waals surface area contributed by atoms with Crippen LogP contribution in [0.1, 0.15) is 42.4 Å². The van der Waals surface area contributed by atoms with E-state index in [-0.39, 0.29) is 17.3 Å². The number of aromatic nitrogens is 2. The molecule has 0 bridgehead atoms. The fraction of sp³-hybridized carbons (Fsp3) is 0.333. The second kappa shape index (κ2) is 5.34. The Bertz CT molecular complexity index is 647. The molecule has 0 spiro atoms. The molecule has 4 heteroatoms. The summed E-state index contributed by atoms with van der Waals surface area (Å²) in [6.45, 7) is 5.76. The number of nitrogens with zero attached hydrogens (tertiary/aromatic N) is 1. The number of hydrogen-bond acceptors (Lipinski definition) is 2. The first-order valence-electron chi connectivity index (χ1n) is 6.31. The van der Waals surface area contributed by atoms with Crippen LogP contribution in [0.25, 0.3) is 0 Å². The van der Waals surface area contributed by atoms with Gasteiger partial charge in [-0.25, -0.2) is 9.37 Å². The maximum Gasteiger partial charge on any atom is 0.254 e. The summed E-state index contributed by atoms with van der Waals surface area (Å²) in [5.41, 5.74) is 2.14. The summed E-state index contributed by atoms with van der Waals surface area (Å²) in [6, 6.07) is 6.31. The zero-order chi connectivity index (χ0) is 14.0. The number of hydrogen-bond donors (Lipinski definition) is 1. The predicted molar refractivity (Wildman–Crippen MR) is 72.9 cm³/mol. The first-order chi connectivity index (χ1) is 8.97. The molecule has 0 saturated heterocycles.